The summed E-state index contributed by atoms with van der Waals surface area (Å²) in [4.78, 5) is 33.3. The topological polar surface area (TPSA) is 152 Å². The van der Waals surface area contributed by atoms with Crippen LogP contribution in [-0.2, 0) is 24.1 Å². The molecular formula is C46H52BrFN2O9Si. The Morgan fingerprint density at radius 2 is 1.57 bits per heavy atom. The average molecular weight is 904 g/mol. The molecule has 0 saturated carbocycles. The van der Waals surface area contributed by atoms with Gasteiger partial charge in [0, 0.05) is 28.5 Å². The molecule has 0 unspecified atom stereocenters. The van der Waals surface area contributed by atoms with E-state index < -0.39 is 79.1 Å². The highest BCUT2D eigenvalue weighted by atomic mass is 79.9. The molecular weight excluding hydrogens is 851 g/mol. The molecule has 318 valence electrons. The summed E-state index contributed by atoms with van der Waals surface area (Å²) in [7, 11) is -2.99. The van der Waals surface area contributed by atoms with Gasteiger partial charge in [0.1, 0.15) is 36.1 Å². The second-order valence-electron chi connectivity index (χ2n) is 18.0. The van der Waals surface area contributed by atoms with Crippen LogP contribution in [0.15, 0.2) is 81.0 Å². The van der Waals surface area contributed by atoms with Crippen LogP contribution in [0.5, 0.6) is 11.6 Å². The van der Waals surface area contributed by atoms with Crippen molar-refractivity contribution in [2.75, 3.05) is 26.3 Å². The van der Waals surface area contributed by atoms with Crippen molar-refractivity contribution in [3.8, 4) is 11.6 Å². The number of aliphatic hydroxyl groups is 3. The number of fused-ring (bicyclic) bond motifs is 4. The zero-order valence-electron chi connectivity index (χ0n) is 34.6. The SMILES string of the molecule is CC(C)(C)[Si](C)(C)O[C@@]12C(=O)c3c(OCc4ccccc4)noc3[C@@H](N3CCCC3)[C@@H]1C[C@@H]1Cc3c(F)c(C(CO)CO)c(Br)c(OCc4ccccc4)c3C(=O)C1=C2O. The molecule has 4 aliphatic rings. The van der Waals surface area contributed by atoms with E-state index in [0.29, 0.717) is 18.8 Å². The van der Waals surface area contributed by atoms with Crippen molar-refractivity contribution in [3.63, 3.8) is 0 Å². The zero-order chi connectivity index (χ0) is 42.7. The molecule has 0 bridgehead atoms. The van der Waals surface area contributed by atoms with Crippen LogP contribution in [0.1, 0.15) is 101 Å². The van der Waals surface area contributed by atoms with Crippen molar-refractivity contribution in [2.24, 2.45) is 11.8 Å². The first-order chi connectivity index (χ1) is 28.6. The summed E-state index contributed by atoms with van der Waals surface area (Å²) in [6.45, 7) is 10.5. The van der Waals surface area contributed by atoms with Gasteiger partial charge >= 0.3 is 0 Å². The number of ether oxygens (including phenoxy) is 2. The number of likely N-dealkylation sites (tertiary alicyclic amines) is 1. The molecule has 8 rings (SSSR count). The number of carbonyl (C=O) groups excluding carboxylic acids is 2. The third-order valence-electron chi connectivity index (χ3n) is 13.4. The second kappa shape index (κ2) is 16.3. The number of benzene rings is 3. The Morgan fingerprint density at radius 3 is 2.15 bits per heavy atom. The highest BCUT2D eigenvalue weighted by Gasteiger charge is 2.68. The van der Waals surface area contributed by atoms with E-state index in [4.69, 9.17) is 18.4 Å². The summed E-state index contributed by atoms with van der Waals surface area (Å²) in [5, 5.41) is 37.6. The van der Waals surface area contributed by atoms with Gasteiger partial charge in [-0.1, -0.05) is 81.4 Å². The number of allylic oxidation sites excluding steroid dienone is 1. The molecule has 0 radical (unpaired) electrons. The number of nitrogens with zero attached hydrogens (tertiary/aromatic N) is 2. The Balaban J connectivity index is 1.35. The van der Waals surface area contributed by atoms with Crippen molar-refractivity contribution >= 4 is 35.8 Å². The lowest BCUT2D eigenvalue weighted by Gasteiger charge is -2.55. The van der Waals surface area contributed by atoms with E-state index in [0.717, 1.165) is 24.0 Å². The number of halogens is 2. The lowest BCUT2D eigenvalue weighted by molar-refractivity contribution is -0.0523. The number of aliphatic hydroxyl groups excluding tert-OH is 3. The summed E-state index contributed by atoms with van der Waals surface area (Å²) < 4.78 is 43.3. The van der Waals surface area contributed by atoms with Crippen molar-refractivity contribution in [2.45, 2.75) is 95.4 Å². The standard InChI is InChI=1S/C46H52BrFN2O9Si/c1-45(2,3)60(4,5)59-46-31(38(50-18-12-13-19-50)41-35(43(46)55)44(49-58-41)57-25-27-16-10-7-11-17-27)21-28-20-30-34(39(53)33(28)42(46)54)40(56-24-26-14-8-6-9-15-26)36(47)32(37(30)48)29(22-51)23-52/h6-11,14-17,28-29,31,38,51-52,54H,12-13,18-25H2,1-5H3/t28-,31-,38-,46-/m0/s1. The highest BCUT2D eigenvalue weighted by molar-refractivity contribution is 9.10. The smallest absolute Gasteiger partial charge is 0.265 e. The third-order valence-corrected chi connectivity index (χ3v) is 18.6. The minimum atomic E-state index is -2.99. The molecule has 1 aromatic heterocycles. The number of aromatic nitrogens is 1. The molecule has 0 amide bonds. The minimum Gasteiger partial charge on any atom is -0.508 e. The Kier molecular flexibility index (Phi) is 11.5. The summed E-state index contributed by atoms with van der Waals surface area (Å²) in [5.41, 5.74) is -0.391. The van der Waals surface area contributed by atoms with Gasteiger partial charge in [0.25, 0.3) is 5.88 Å². The third kappa shape index (κ3) is 6.96. The van der Waals surface area contributed by atoms with Gasteiger partial charge in [0.15, 0.2) is 25.5 Å². The van der Waals surface area contributed by atoms with E-state index in [9.17, 15) is 15.3 Å². The molecule has 3 aliphatic carbocycles. The molecule has 2 heterocycles. The maximum absolute atomic E-state index is 17.1. The molecule has 1 aliphatic heterocycles. The Bertz CT molecular complexity index is 2320. The van der Waals surface area contributed by atoms with Gasteiger partial charge in [-0.05, 0) is 95.0 Å². The van der Waals surface area contributed by atoms with Crippen LogP contribution in [0.25, 0.3) is 0 Å². The fourth-order valence-electron chi connectivity index (χ4n) is 9.34. The van der Waals surface area contributed by atoms with Crippen LogP contribution in [0.3, 0.4) is 0 Å². The molecule has 14 heteroatoms. The first-order valence-electron chi connectivity index (χ1n) is 20.7. The number of Topliss-reactive ketones (excluding diaryl/α,β-unsaturated/α-hetero) is 2. The van der Waals surface area contributed by atoms with Crippen LogP contribution in [-0.4, -0.2) is 77.2 Å². The van der Waals surface area contributed by atoms with Gasteiger partial charge in [0.2, 0.25) is 5.78 Å². The van der Waals surface area contributed by atoms with Gasteiger partial charge < -0.3 is 33.7 Å². The van der Waals surface area contributed by atoms with E-state index in [1.165, 1.54) is 0 Å². The average Bonchev–Trinajstić information content (AvgIpc) is 3.91. The van der Waals surface area contributed by atoms with Crippen LogP contribution in [0.4, 0.5) is 4.39 Å². The summed E-state index contributed by atoms with van der Waals surface area (Å²) in [6, 6.07) is 18.2. The Hall–Kier alpha value is -4.18. The first kappa shape index (κ1) is 42.5. The van der Waals surface area contributed by atoms with Crippen molar-refractivity contribution < 1.29 is 47.7 Å². The lowest BCUT2D eigenvalue weighted by Crippen LogP contribution is -2.65. The molecule has 1 fully saturated rings. The van der Waals surface area contributed by atoms with Crippen molar-refractivity contribution in [1.82, 2.24) is 10.1 Å². The fraction of sp³-hybridized carbons (Fsp3) is 0.457. The molecule has 0 spiro atoms. The molecule has 3 N–H and O–H groups in total. The van der Waals surface area contributed by atoms with Gasteiger partial charge in [-0.15, -0.1) is 0 Å². The number of hydrogen-bond acceptors (Lipinski definition) is 11. The number of hydrogen-bond donors (Lipinski definition) is 3. The van der Waals surface area contributed by atoms with E-state index in [1.807, 2.05) is 94.5 Å². The number of carbonyl (C=O) groups is 2. The molecule has 60 heavy (non-hydrogen) atoms. The fourth-order valence-corrected chi connectivity index (χ4v) is 11.6. The van der Waals surface area contributed by atoms with Crippen LogP contribution >= 0.6 is 15.9 Å². The molecule has 4 aromatic rings. The summed E-state index contributed by atoms with van der Waals surface area (Å²) >= 11 is 3.51. The van der Waals surface area contributed by atoms with Crippen LogP contribution < -0.4 is 9.47 Å². The predicted octanol–water partition coefficient (Wildman–Crippen LogP) is 8.78. The van der Waals surface area contributed by atoms with Crippen LogP contribution in [0, 0.1) is 17.7 Å². The van der Waals surface area contributed by atoms with Crippen molar-refractivity contribution in [1.29, 1.82) is 0 Å². The van der Waals surface area contributed by atoms with Gasteiger partial charge in [-0.3, -0.25) is 14.5 Å². The maximum Gasteiger partial charge on any atom is 0.265 e. The van der Waals surface area contributed by atoms with Gasteiger partial charge in [-0.25, -0.2) is 4.39 Å². The zero-order valence-corrected chi connectivity index (χ0v) is 37.2. The predicted molar refractivity (Wildman–Crippen MR) is 227 cm³/mol. The Morgan fingerprint density at radius 1 is 0.967 bits per heavy atom. The van der Waals surface area contributed by atoms with Crippen LogP contribution in [0.2, 0.25) is 18.1 Å². The minimum absolute atomic E-state index is 0.00481. The largest absolute Gasteiger partial charge is 0.508 e. The second-order valence-corrected chi connectivity index (χ2v) is 23.5. The lowest BCUT2D eigenvalue weighted by atomic mass is 9.58. The van der Waals surface area contributed by atoms with Gasteiger partial charge in [-0.2, -0.15) is 0 Å². The summed E-state index contributed by atoms with van der Waals surface area (Å²) in [6.07, 6.45) is 1.95. The Labute approximate surface area is 358 Å². The number of rotatable bonds is 12. The van der Waals surface area contributed by atoms with E-state index in [-0.39, 0.29) is 70.0 Å². The molecule has 11 nitrogen and oxygen atoms in total. The van der Waals surface area contributed by atoms with E-state index >= 15 is 14.0 Å². The molecule has 4 atom stereocenters. The molecule has 3 aromatic carbocycles. The highest BCUT2D eigenvalue weighted by Crippen LogP contribution is 2.61. The normalized spacial score (nSPS) is 23.1. The van der Waals surface area contributed by atoms with Crippen molar-refractivity contribution in [3.05, 3.63) is 121 Å². The van der Waals surface area contributed by atoms with E-state index in [1.54, 1.807) is 0 Å². The summed E-state index contributed by atoms with van der Waals surface area (Å²) in [5.74, 6) is -4.70. The quantitative estimate of drug-likeness (QED) is 0.117. The van der Waals surface area contributed by atoms with Gasteiger partial charge in [0.05, 0.1) is 29.3 Å². The monoisotopic (exact) mass is 902 g/mol. The van der Waals surface area contributed by atoms with E-state index in [2.05, 4.69) is 26.0 Å². The molecule has 1 saturated heterocycles. The first-order valence-corrected chi connectivity index (χ1v) is 24.4. The maximum atomic E-state index is 17.1. The number of ketones is 2.